The summed E-state index contributed by atoms with van der Waals surface area (Å²) in [7, 11) is 0. The minimum absolute atomic E-state index is 0.666. The van der Waals surface area contributed by atoms with Gasteiger partial charge in [0.15, 0.2) is 5.58 Å². The van der Waals surface area contributed by atoms with Crippen molar-refractivity contribution < 1.29 is 9.15 Å². The molecule has 0 atom stereocenters. The zero-order valence-corrected chi connectivity index (χ0v) is 10.9. The quantitative estimate of drug-likeness (QED) is 0.864. The van der Waals surface area contributed by atoms with Gasteiger partial charge in [-0.2, -0.15) is 0 Å². The van der Waals surface area contributed by atoms with Crippen molar-refractivity contribution >= 4 is 28.5 Å². The van der Waals surface area contributed by atoms with E-state index in [0.717, 1.165) is 54.5 Å². The van der Waals surface area contributed by atoms with Gasteiger partial charge >= 0.3 is 0 Å². The van der Waals surface area contributed by atoms with Gasteiger partial charge in [-0.3, -0.25) is 0 Å². The van der Waals surface area contributed by atoms with E-state index in [-0.39, 0.29) is 0 Å². The molecule has 0 bridgehead atoms. The molecule has 0 aliphatic carbocycles. The van der Waals surface area contributed by atoms with Gasteiger partial charge in [-0.15, -0.1) is 11.8 Å². The van der Waals surface area contributed by atoms with Gasteiger partial charge in [0, 0.05) is 24.2 Å². The van der Waals surface area contributed by atoms with Gasteiger partial charge in [-0.05, 0) is 31.0 Å². The smallest absolute Gasteiger partial charge is 0.205 e. The second-order valence-electron chi connectivity index (χ2n) is 4.46. The SMILES string of the molecule is Nc1ccc2oc(CSC3CCOCC3)nc2c1. The van der Waals surface area contributed by atoms with Crippen LogP contribution in [-0.2, 0) is 10.5 Å². The summed E-state index contributed by atoms with van der Waals surface area (Å²) in [5.74, 6) is 1.60. The topological polar surface area (TPSA) is 61.3 Å². The molecule has 1 aliphatic rings. The maximum absolute atomic E-state index is 5.72. The van der Waals surface area contributed by atoms with Crippen molar-refractivity contribution in [3.8, 4) is 0 Å². The Hall–Kier alpha value is -1.20. The van der Waals surface area contributed by atoms with Crippen molar-refractivity contribution in [2.45, 2.75) is 23.8 Å². The number of nitrogens with two attached hydrogens (primary N) is 1. The Labute approximate surface area is 110 Å². The first-order valence-corrected chi connectivity index (χ1v) is 7.20. The summed E-state index contributed by atoms with van der Waals surface area (Å²) >= 11 is 1.90. The lowest BCUT2D eigenvalue weighted by molar-refractivity contribution is 0.1000. The van der Waals surface area contributed by atoms with E-state index in [1.165, 1.54) is 0 Å². The van der Waals surface area contributed by atoms with Crippen LogP contribution in [0.1, 0.15) is 18.7 Å². The monoisotopic (exact) mass is 264 g/mol. The fraction of sp³-hybridized carbons (Fsp3) is 0.462. The van der Waals surface area contributed by atoms with Gasteiger partial charge in [0.1, 0.15) is 5.52 Å². The second kappa shape index (κ2) is 5.20. The number of rotatable bonds is 3. The summed E-state index contributed by atoms with van der Waals surface area (Å²) in [4.78, 5) is 4.46. The van der Waals surface area contributed by atoms with Crippen LogP contribution in [0.2, 0.25) is 0 Å². The molecule has 0 amide bonds. The van der Waals surface area contributed by atoms with Crippen LogP contribution in [0.25, 0.3) is 11.1 Å². The van der Waals surface area contributed by atoms with E-state index in [1.807, 2.05) is 30.0 Å². The number of fused-ring (bicyclic) bond motifs is 1. The van der Waals surface area contributed by atoms with Gasteiger partial charge in [0.25, 0.3) is 0 Å². The van der Waals surface area contributed by atoms with Crippen LogP contribution >= 0.6 is 11.8 Å². The number of nitrogens with zero attached hydrogens (tertiary/aromatic N) is 1. The van der Waals surface area contributed by atoms with Gasteiger partial charge in [0.05, 0.1) is 5.75 Å². The minimum atomic E-state index is 0.666. The summed E-state index contributed by atoms with van der Waals surface area (Å²) < 4.78 is 11.0. The molecule has 0 unspecified atom stereocenters. The number of nitrogen functional groups attached to an aromatic ring is 1. The van der Waals surface area contributed by atoms with Crippen LogP contribution in [0.15, 0.2) is 22.6 Å². The van der Waals surface area contributed by atoms with Crippen molar-refractivity contribution in [3.63, 3.8) is 0 Å². The number of benzene rings is 1. The van der Waals surface area contributed by atoms with Crippen LogP contribution in [0, 0.1) is 0 Å². The molecule has 4 nitrogen and oxygen atoms in total. The molecule has 1 aromatic heterocycles. The Morgan fingerprint density at radius 1 is 1.33 bits per heavy atom. The molecule has 0 spiro atoms. The Balaban J connectivity index is 1.67. The summed E-state index contributed by atoms with van der Waals surface area (Å²) in [5.41, 5.74) is 8.10. The Bertz CT molecular complexity index is 535. The Morgan fingerprint density at radius 2 is 2.17 bits per heavy atom. The number of ether oxygens (including phenoxy) is 1. The number of thioether (sulfide) groups is 1. The number of hydrogen-bond donors (Lipinski definition) is 1. The normalized spacial score (nSPS) is 17.3. The highest BCUT2D eigenvalue weighted by atomic mass is 32.2. The highest BCUT2D eigenvalue weighted by Crippen LogP contribution is 2.27. The highest BCUT2D eigenvalue weighted by Gasteiger charge is 2.15. The molecule has 2 aromatic rings. The van der Waals surface area contributed by atoms with E-state index in [9.17, 15) is 0 Å². The first kappa shape index (κ1) is 11.9. The molecule has 18 heavy (non-hydrogen) atoms. The van der Waals surface area contributed by atoms with E-state index in [4.69, 9.17) is 14.9 Å². The third-order valence-electron chi connectivity index (χ3n) is 3.07. The zero-order valence-electron chi connectivity index (χ0n) is 10.1. The average molecular weight is 264 g/mol. The van der Waals surface area contributed by atoms with Gasteiger partial charge < -0.3 is 14.9 Å². The zero-order chi connectivity index (χ0) is 12.4. The van der Waals surface area contributed by atoms with E-state index in [2.05, 4.69) is 4.98 Å². The number of oxazole rings is 1. The largest absolute Gasteiger partial charge is 0.440 e. The molecule has 1 fully saturated rings. The third-order valence-corrected chi connectivity index (χ3v) is 4.42. The molecule has 3 rings (SSSR count). The fourth-order valence-electron chi connectivity index (χ4n) is 2.09. The first-order chi connectivity index (χ1) is 8.81. The summed E-state index contributed by atoms with van der Waals surface area (Å²) in [6, 6.07) is 5.56. The maximum Gasteiger partial charge on any atom is 0.205 e. The lowest BCUT2D eigenvalue weighted by Gasteiger charge is -2.20. The van der Waals surface area contributed by atoms with Crippen molar-refractivity contribution in [1.29, 1.82) is 0 Å². The molecule has 0 saturated carbocycles. The van der Waals surface area contributed by atoms with Crippen LogP contribution in [0.4, 0.5) is 5.69 Å². The molecule has 5 heteroatoms. The minimum Gasteiger partial charge on any atom is -0.440 e. The Morgan fingerprint density at radius 3 is 3.00 bits per heavy atom. The highest BCUT2D eigenvalue weighted by molar-refractivity contribution is 7.99. The van der Waals surface area contributed by atoms with Crippen LogP contribution in [0.3, 0.4) is 0 Å². The molecule has 0 radical (unpaired) electrons. The predicted octanol–water partition coefficient (Wildman–Crippen LogP) is 2.82. The molecule has 1 aliphatic heterocycles. The third kappa shape index (κ3) is 2.62. The molecule has 2 N–H and O–H groups in total. The van der Waals surface area contributed by atoms with Gasteiger partial charge in [0.2, 0.25) is 5.89 Å². The van der Waals surface area contributed by atoms with Crippen LogP contribution < -0.4 is 5.73 Å². The summed E-state index contributed by atoms with van der Waals surface area (Å²) in [6.07, 6.45) is 2.25. The molecule has 1 saturated heterocycles. The van der Waals surface area contributed by atoms with Crippen molar-refractivity contribution in [2.75, 3.05) is 18.9 Å². The number of anilines is 1. The van der Waals surface area contributed by atoms with E-state index < -0.39 is 0 Å². The van der Waals surface area contributed by atoms with E-state index >= 15 is 0 Å². The van der Waals surface area contributed by atoms with Gasteiger partial charge in [-0.1, -0.05) is 0 Å². The summed E-state index contributed by atoms with van der Waals surface area (Å²) in [5, 5.41) is 0.666. The Kier molecular flexibility index (Phi) is 3.43. The number of hydrogen-bond acceptors (Lipinski definition) is 5. The first-order valence-electron chi connectivity index (χ1n) is 6.15. The lowest BCUT2D eigenvalue weighted by atomic mass is 10.2. The number of aromatic nitrogens is 1. The second-order valence-corrected chi connectivity index (χ2v) is 5.75. The standard InChI is InChI=1S/C13H16N2O2S/c14-9-1-2-12-11(7-9)15-13(17-12)8-18-10-3-5-16-6-4-10/h1-2,7,10H,3-6,8,14H2. The van der Waals surface area contributed by atoms with E-state index in [1.54, 1.807) is 0 Å². The average Bonchev–Trinajstić information content (AvgIpc) is 2.79. The van der Waals surface area contributed by atoms with Crippen LogP contribution in [0.5, 0.6) is 0 Å². The molecule has 96 valence electrons. The molecular weight excluding hydrogens is 248 g/mol. The lowest BCUT2D eigenvalue weighted by Crippen LogP contribution is -2.17. The van der Waals surface area contributed by atoms with E-state index in [0.29, 0.717) is 5.25 Å². The van der Waals surface area contributed by atoms with Crippen LogP contribution in [-0.4, -0.2) is 23.4 Å². The molecule has 1 aromatic carbocycles. The van der Waals surface area contributed by atoms with Crippen molar-refractivity contribution in [3.05, 3.63) is 24.1 Å². The maximum atomic E-state index is 5.72. The fourth-order valence-corrected chi connectivity index (χ4v) is 3.11. The molecule has 2 heterocycles. The predicted molar refractivity (Wildman–Crippen MR) is 73.6 cm³/mol. The van der Waals surface area contributed by atoms with Crippen molar-refractivity contribution in [1.82, 2.24) is 4.98 Å². The summed E-state index contributed by atoms with van der Waals surface area (Å²) in [6.45, 7) is 1.75. The van der Waals surface area contributed by atoms with Gasteiger partial charge in [-0.25, -0.2) is 4.98 Å². The molecular formula is C13H16N2O2S. The van der Waals surface area contributed by atoms with Crippen molar-refractivity contribution in [2.24, 2.45) is 0 Å².